The summed E-state index contributed by atoms with van der Waals surface area (Å²) in [6.45, 7) is 5.37. The Bertz CT molecular complexity index is 237. The van der Waals surface area contributed by atoms with Crippen molar-refractivity contribution in [3.8, 4) is 0 Å². The van der Waals surface area contributed by atoms with Crippen molar-refractivity contribution in [3.05, 3.63) is 0 Å². The fourth-order valence-electron chi connectivity index (χ4n) is 3.77. The van der Waals surface area contributed by atoms with E-state index in [1.165, 1.54) is 38.5 Å². The van der Waals surface area contributed by atoms with Gasteiger partial charge in [0, 0.05) is 12.6 Å². The smallest absolute Gasteiger partial charge is 0.0774 e. The van der Waals surface area contributed by atoms with Crippen LogP contribution in [-0.4, -0.2) is 23.3 Å². The molecule has 17 heavy (non-hydrogen) atoms. The lowest BCUT2D eigenvalue weighted by molar-refractivity contribution is -0.0146. The van der Waals surface area contributed by atoms with Crippen molar-refractivity contribution in [1.82, 2.24) is 5.32 Å². The topological polar surface area (TPSA) is 32.3 Å². The van der Waals surface area contributed by atoms with Crippen LogP contribution in [-0.2, 0) is 0 Å². The third kappa shape index (κ3) is 3.69. The van der Waals surface area contributed by atoms with Crippen LogP contribution in [0, 0.1) is 11.8 Å². The zero-order valence-corrected chi connectivity index (χ0v) is 11.5. The molecule has 2 heteroatoms. The minimum absolute atomic E-state index is 0.426. The molecule has 100 valence electrons. The average molecular weight is 239 g/mol. The Labute approximate surface area is 106 Å². The van der Waals surface area contributed by atoms with E-state index in [1.807, 2.05) is 0 Å². The molecular formula is C15H29NO. The summed E-state index contributed by atoms with van der Waals surface area (Å²) in [5.74, 6) is 1.54. The molecule has 0 bridgehead atoms. The molecule has 0 radical (unpaired) electrons. The molecule has 2 saturated carbocycles. The van der Waals surface area contributed by atoms with Gasteiger partial charge >= 0.3 is 0 Å². The minimum Gasteiger partial charge on any atom is -0.389 e. The largest absolute Gasteiger partial charge is 0.389 e. The molecule has 0 aromatic heterocycles. The Balaban J connectivity index is 1.76. The lowest BCUT2D eigenvalue weighted by Gasteiger charge is -2.37. The average Bonchev–Trinajstić information content (AvgIpc) is 2.79. The van der Waals surface area contributed by atoms with Gasteiger partial charge in [0.15, 0.2) is 0 Å². The predicted molar refractivity (Wildman–Crippen MR) is 72.0 cm³/mol. The van der Waals surface area contributed by atoms with Crippen LogP contribution in [0.5, 0.6) is 0 Å². The maximum absolute atomic E-state index is 10.6. The van der Waals surface area contributed by atoms with Crippen LogP contribution < -0.4 is 5.32 Å². The zero-order chi connectivity index (χ0) is 12.3. The van der Waals surface area contributed by atoms with Crippen LogP contribution in [0.25, 0.3) is 0 Å². The summed E-state index contributed by atoms with van der Waals surface area (Å²) < 4.78 is 0. The van der Waals surface area contributed by atoms with Crippen LogP contribution >= 0.6 is 0 Å². The Morgan fingerprint density at radius 1 is 1.24 bits per heavy atom. The number of hydrogen-bond acceptors (Lipinski definition) is 2. The van der Waals surface area contributed by atoms with Gasteiger partial charge in [0.2, 0.25) is 0 Å². The minimum atomic E-state index is -0.426. The molecule has 0 aromatic rings. The van der Waals surface area contributed by atoms with E-state index in [0.717, 1.165) is 25.3 Å². The molecule has 0 spiro atoms. The monoisotopic (exact) mass is 239 g/mol. The second kappa shape index (κ2) is 5.71. The molecule has 2 fully saturated rings. The third-order valence-corrected chi connectivity index (χ3v) is 4.93. The van der Waals surface area contributed by atoms with Gasteiger partial charge in [-0.05, 0) is 44.4 Å². The molecular weight excluding hydrogens is 210 g/mol. The second-order valence-corrected chi connectivity index (χ2v) is 6.64. The summed E-state index contributed by atoms with van der Waals surface area (Å²) in [7, 11) is 0. The zero-order valence-electron chi connectivity index (χ0n) is 11.5. The third-order valence-electron chi connectivity index (χ3n) is 4.93. The van der Waals surface area contributed by atoms with Crippen molar-refractivity contribution >= 4 is 0 Å². The second-order valence-electron chi connectivity index (χ2n) is 6.64. The highest BCUT2D eigenvalue weighted by atomic mass is 16.3. The van der Waals surface area contributed by atoms with Gasteiger partial charge in [-0.1, -0.05) is 32.6 Å². The van der Waals surface area contributed by atoms with Crippen molar-refractivity contribution in [1.29, 1.82) is 0 Å². The summed E-state index contributed by atoms with van der Waals surface area (Å²) >= 11 is 0. The van der Waals surface area contributed by atoms with E-state index in [2.05, 4.69) is 19.2 Å². The normalized spacial score (nSPS) is 37.2. The van der Waals surface area contributed by atoms with Gasteiger partial charge in [-0.3, -0.25) is 0 Å². The standard InChI is InChI=1S/C15H29NO/c1-12-6-5-9-15(17,10-12)11-16-13(2)14-7-3-4-8-14/h12-14,16-17H,3-11H2,1-2H3. The molecule has 0 saturated heterocycles. The summed E-state index contributed by atoms with van der Waals surface area (Å²) in [6, 6.07) is 0.582. The number of nitrogens with one attached hydrogen (secondary N) is 1. The Morgan fingerprint density at radius 2 is 1.94 bits per heavy atom. The number of rotatable bonds is 4. The fourth-order valence-corrected chi connectivity index (χ4v) is 3.77. The lowest BCUT2D eigenvalue weighted by Crippen LogP contribution is -2.47. The highest BCUT2D eigenvalue weighted by molar-refractivity contribution is 4.89. The summed E-state index contributed by atoms with van der Waals surface area (Å²) in [4.78, 5) is 0. The molecule has 3 atom stereocenters. The van der Waals surface area contributed by atoms with Gasteiger partial charge < -0.3 is 10.4 Å². The first kappa shape index (κ1) is 13.4. The van der Waals surface area contributed by atoms with Gasteiger partial charge in [0.1, 0.15) is 0 Å². The quantitative estimate of drug-likeness (QED) is 0.790. The molecule has 0 aliphatic heterocycles. The molecule has 3 unspecified atom stereocenters. The molecule has 2 N–H and O–H groups in total. The molecule has 2 aliphatic carbocycles. The van der Waals surface area contributed by atoms with Crippen molar-refractivity contribution in [3.63, 3.8) is 0 Å². The lowest BCUT2D eigenvalue weighted by atomic mass is 9.78. The molecule has 2 nitrogen and oxygen atoms in total. The van der Waals surface area contributed by atoms with E-state index in [9.17, 15) is 5.11 Å². The van der Waals surface area contributed by atoms with E-state index in [-0.39, 0.29) is 0 Å². The molecule has 0 aromatic carbocycles. The van der Waals surface area contributed by atoms with Gasteiger partial charge in [-0.2, -0.15) is 0 Å². The SMILES string of the molecule is CC1CCCC(O)(CNC(C)C2CCCC2)C1. The van der Waals surface area contributed by atoms with E-state index >= 15 is 0 Å². The summed E-state index contributed by atoms with van der Waals surface area (Å²) in [5, 5.41) is 14.2. The highest BCUT2D eigenvalue weighted by Gasteiger charge is 2.33. The van der Waals surface area contributed by atoms with E-state index in [4.69, 9.17) is 0 Å². The van der Waals surface area contributed by atoms with Gasteiger partial charge in [-0.25, -0.2) is 0 Å². The molecule has 2 aliphatic rings. The predicted octanol–water partition coefficient (Wildman–Crippen LogP) is 3.10. The Kier molecular flexibility index (Phi) is 4.48. The maximum Gasteiger partial charge on any atom is 0.0774 e. The first-order valence-electron chi connectivity index (χ1n) is 7.55. The van der Waals surface area contributed by atoms with E-state index in [1.54, 1.807) is 0 Å². The van der Waals surface area contributed by atoms with Crippen LogP contribution in [0.15, 0.2) is 0 Å². The molecule has 2 rings (SSSR count). The number of hydrogen-bond donors (Lipinski definition) is 2. The van der Waals surface area contributed by atoms with Crippen molar-refractivity contribution in [2.75, 3.05) is 6.54 Å². The summed E-state index contributed by atoms with van der Waals surface area (Å²) in [5.41, 5.74) is -0.426. The number of aliphatic hydroxyl groups is 1. The molecule has 0 heterocycles. The van der Waals surface area contributed by atoms with Gasteiger partial charge in [0.25, 0.3) is 0 Å². The van der Waals surface area contributed by atoms with Crippen molar-refractivity contribution < 1.29 is 5.11 Å². The van der Waals surface area contributed by atoms with Gasteiger partial charge in [0.05, 0.1) is 5.60 Å². The van der Waals surface area contributed by atoms with Crippen LogP contribution in [0.2, 0.25) is 0 Å². The molecule has 0 amide bonds. The van der Waals surface area contributed by atoms with Crippen molar-refractivity contribution in [2.24, 2.45) is 11.8 Å². The van der Waals surface area contributed by atoms with Crippen LogP contribution in [0.3, 0.4) is 0 Å². The van der Waals surface area contributed by atoms with E-state index in [0.29, 0.717) is 12.0 Å². The van der Waals surface area contributed by atoms with Gasteiger partial charge in [-0.15, -0.1) is 0 Å². The maximum atomic E-state index is 10.6. The Morgan fingerprint density at radius 3 is 2.59 bits per heavy atom. The van der Waals surface area contributed by atoms with Crippen LogP contribution in [0.1, 0.15) is 65.2 Å². The summed E-state index contributed by atoms with van der Waals surface area (Å²) in [6.07, 6.45) is 10.0. The highest BCUT2D eigenvalue weighted by Crippen LogP contribution is 2.32. The first-order chi connectivity index (χ1) is 8.09. The van der Waals surface area contributed by atoms with E-state index < -0.39 is 5.60 Å². The Hall–Kier alpha value is -0.0800. The van der Waals surface area contributed by atoms with Crippen LogP contribution in [0.4, 0.5) is 0 Å². The fraction of sp³-hybridized carbons (Fsp3) is 1.00. The first-order valence-corrected chi connectivity index (χ1v) is 7.55. The van der Waals surface area contributed by atoms with Crippen molar-refractivity contribution in [2.45, 2.75) is 76.9 Å².